The first-order valence-electron chi connectivity index (χ1n) is 4.56. The Morgan fingerprint density at radius 1 is 1.42 bits per heavy atom. The topological polar surface area (TPSA) is 17.1 Å². The van der Waals surface area contributed by atoms with Crippen LogP contribution in [0.3, 0.4) is 0 Å². The molecule has 0 amide bonds. The number of hydrogen-bond acceptors (Lipinski definition) is 1. The number of hydrogen-bond donors (Lipinski definition) is 0. The fourth-order valence-corrected chi connectivity index (χ4v) is 3.77. The van der Waals surface area contributed by atoms with Gasteiger partial charge in [0.05, 0.1) is 0 Å². The Kier molecular flexibility index (Phi) is 1.56. The standard InChI is InChI=1S/C10H15BrO/c1-9(2)6-4-7(12)10(3,5-6)8(9)11/h6,8H,4-5H2,1-3H3. The molecule has 0 aromatic heterocycles. The molecule has 2 aliphatic carbocycles. The smallest absolute Gasteiger partial charge is 0.140 e. The van der Waals surface area contributed by atoms with Crippen molar-refractivity contribution in [3.8, 4) is 0 Å². The second-order valence-corrected chi connectivity index (χ2v) is 6.05. The van der Waals surface area contributed by atoms with Gasteiger partial charge in [0.2, 0.25) is 0 Å². The van der Waals surface area contributed by atoms with Gasteiger partial charge in [0.1, 0.15) is 5.78 Å². The molecule has 0 aromatic carbocycles. The van der Waals surface area contributed by atoms with Gasteiger partial charge in [0, 0.05) is 16.7 Å². The summed E-state index contributed by atoms with van der Waals surface area (Å²) in [5.74, 6) is 1.08. The van der Waals surface area contributed by atoms with E-state index in [1.807, 2.05) is 0 Å². The second kappa shape index (κ2) is 2.14. The average Bonchev–Trinajstić information content (AvgIpc) is 2.34. The number of rotatable bonds is 0. The van der Waals surface area contributed by atoms with Crippen LogP contribution in [0.1, 0.15) is 33.6 Å². The molecule has 0 saturated heterocycles. The van der Waals surface area contributed by atoms with Crippen molar-refractivity contribution in [2.45, 2.75) is 38.4 Å². The summed E-state index contributed by atoms with van der Waals surface area (Å²) in [7, 11) is 0. The predicted molar refractivity (Wildman–Crippen MR) is 52.3 cm³/mol. The van der Waals surface area contributed by atoms with Crippen LogP contribution < -0.4 is 0 Å². The molecule has 2 saturated carbocycles. The highest BCUT2D eigenvalue weighted by Gasteiger charge is 2.62. The molecule has 2 heteroatoms. The molecule has 12 heavy (non-hydrogen) atoms. The van der Waals surface area contributed by atoms with Crippen LogP contribution in [0, 0.1) is 16.7 Å². The van der Waals surface area contributed by atoms with Gasteiger partial charge in [0.25, 0.3) is 0 Å². The zero-order chi connectivity index (χ0) is 9.15. The molecule has 0 spiro atoms. The molecule has 3 unspecified atom stereocenters. The van der Waals surface area contributed by atoms with Gasteiger partial charge in [-0.3, -0.25) is 4.79 Å². The van der Waals surface area contributed by atoms with E-state index in [1.54, 1.807) is 0 Å². The number of alkyl halides is 1. The molecule has 3 atom stereocenters. The Bertz CT molecular complexity index is 246. The fourth-order valence-electron chi connectivity index (χ4n) is 2.95. The minimum atomic E-state index is -0.0613. The lowest BCUT2D eigenvalue weighted by atomic mass is 9.72. The third-order valence-corrected chi connectivity index (χ3v) is 6.19. The predicted octanol–water partition coefficient (Wildman–Crippen LogP) is 2.78. The van der Waals surface area contributed by atoms with Gasteiger partial charge in [-0.15, -0.1) is 0 Å². The maximum absolute atomic E-state index is 11.6. The van der Waals surface area contributed by atoms with Crippen molar-refractivity contribution in [2.24, 2.45) is 16.7 Å². The minimum absolute atomic E-state index is 0.0613. The lowest BCUT2D eigenvalue weighted by molar-refractivity contribution is -0.127. The van der Waals surface area contributed by atoms with E-state index in [-0.39, 0.29) is 5.41 Å². The summed E-state index contributed by atoms with van der Waals surface area (Å²) in [6.07, 6.45) is 1.90. The maximum Gasteiger partial charge on any atom is 0.140 e. The SMILES string of the molecule is CC12CC(CC1=O)C(C)(C)C2Br. The van der Waals surface area contributed by atoms with Gasteiger partial charge in [-0.05, 0) is 17.8 Å². The van der Waals surface area contributed by atoms with Crippen molar-refractivity contribution >= 4 is 21.7 Å². The maximum atomic E-state index is 11.6. The van der Waals surface area contributed by atoms with Crippen molar-refractivity contribution in [1.29, 1.82) is 0 Å². The first-order chi connectivity index (χ1) is 5.39. The molecule has 0 N–H and O–H groups in total. The Hall–Kier alpha value is 0.150. The van der Waals surface area contributed by atoms with Crippen molar-refractivity contribution < 1.29 is 4.79 Å². The van der Waals surface area contributed by atoms with E-state index in [0.29, 0.717) is 21.9 Å². The molecule has 0 radical (unpaired) electrons. The quantitative estimate of drug-likeness (QED) is 0.586. The lowest BCUT2D eigenvalue weighted by Gasteiger charge is -2.37. The summed E-state index contributed by atoms with van der Waals surface area (Å²) in [4.78, 5) is 12.0. The van der Waals surface area contributed by atoms with Crippen LogP contribution in [-0.2, 0) is 4.79 Å². The molecule has 2 bridgehead atoms. The van der Waals surface area contributed by atoms with Gasteiger partial charge in [0.15, 0.2) is 0 Å². The third kappa shape index (κ3) is 0.773. The van der Waals surface area contributed by atoms with Crippen molar-refractivity contribution in [3.63, 3.8) is 0 Å². The van der Waals surface area contributed by atoms with Crippen LogP contribution >= 0.6 is 15.9 Å². The molecule has 0 aliphatic heterocycles. The van der Waals surface area contributed by atoms with Gasteiger partial charge in [-0.2, -0.15) is 0 Å². The lowest BCUT2D eigenvalue weighted by Crippen LogP contribution is -2.41. The Labute approximate surface area is 82.0 Å². The molecule has 2 rings (SSSR count). The Morgan fingerprint density at radius 2 is 2.00 bits per heavy atom. The van der Waals surface area contributed by atoms with Gasteiger partial charge < -0.3 is 0 Å². The number of fused-ring (bicyclic) bond motifs is 2. The van der Waals surface area contributed by atoms with E-state index < -0.39 is 0 Å². The summed E-state index contributed by atoms with van der Waals surface area (Å²) < 4.78 is 0. The van der Waals surface area contributed by atoms with E-state index in [2.05, 4.69) is 36.7 Å². The van der Waals surface area contributed by atoms with Crippen LogP contribution in [0.2, 0.25) is 0 Å². The van der Waals surface area contributed by atoms with Crippen LogP contribution in [0.5, 0.6) is 0 Å². The molecule has 68 valence electrons. The Morgan fingerprint density at radius 3 is 2.33 bits per heavy atom. The number of ketones is 1. The second-order valence-electron chi connectivity index (χ2n) is 5.13. The summed E-state index contributed by atoms with van der Waals surface area (Å²) in [6, 6.07) is 0. The molecule has 0 aromatic rings. The Balaban J connectivity index is 2.42. The number of carbonyl (C=O) groups excluding carboxylic acids is 1. The highest BCUT2D eigenvalue weighted by Crippen LogP contribution is 2.63. The number of halogens is 1. The molecule has 0 heterocycles. The monoisotopic (exact) mass is 230 g/mol. The summed E-state index contributed by atoms with van der Waals surface area (Å²) >= 11 is 3.69. The van der Waals surface area contributed by atoms with E-state index in [1.165, 1.54) is 0 Å². The first kappa shape index (κ1) is 8.74. The molecular formula is C10H15BrO. The van der Waals surface area contributed by atoms with Gasteiger partial charge in [-0.25, -0.2) is 0 Å². The van der Waals surface area contributed by atoms with E-state index in [4.69, 9.17) is 0 Å². The normalized spacial score (nSPS) is 50.2. The number of Topliss-reactive ketones (excluding diaryl/α,β-unsaturated/α-hetero) is 1. The molecule has 2 fully saturated rings. The number of carbonyl (C=O) groups is 1. The molecular weight excluding hydrogens is 216 g/mol. The van der Waals surface area contributed by atoms with E-state index in [0.717, 1.165) is 12.8 Å². The van der Waals surface area contributed by atoms with Crippen molar-refractivity contribution in [1.82, 2.24) is 0 Å². The van der Waals surface area contributed by atoms with Crippen LogP contribution in [0.25, 0.3) is 0 Å². The summed E-state index contributed by atoms with van der Waals surface area (Å²) in [5, 5.41) is 0. The molecule has 2 aliphatic rings. The highest BCUT2D eigenvalue weighted by atomic mass is 79.9. The largest absolute Gasteiger partial charge is 0.299 e. The summed E-state index contributed by atoms with van der Waals surface area (Å²) in [5.41, 5.74) is 0.247. The zero-order valence-electron chi connectivity index (χ0n) is 7.86. The fraction of sp³-hybridized carbons (Fsp3) is 0.900. The highest BCUT2D eigenvalue weighted by molar-refractivity contribution is 9.09. The molecule has 1 nitrogen and oxygen atoms in total. The van der Waals surface area contributed by atoms with Gasteiger partial charge >= 0.3 is 0 Å². The first-order valence-corrected chi connectivity index (χ1v) is 5.48. The van der Waals surface area contributed by atoms with Crippen LogP contribution in [-0.4, -0.2) is 10.6 Å². The van der Waals surface area contributed by atoms with E-state index >= 15 is 0 Å². The van der Waals surface area contributed by atoms with Crippen LogP contribution in [0.15, 0.2) is 0 Å². The summed E-state index contributed by atoms with van der Waals surface area (Å²) in [6.45, 7) is 6.66. The van der Waals surface area contributed by atoms with E-state index in [9.17, 15) is 4.79 Å². The van der Waals surface area contributed by atoms with Crippen LogP contribution in [0.4, 0.5) is 0 Å². The minimum Gasteiger partial charge on any atom is -0.299 e. The third-order valence-electron chi connectivity index (χ3n) is 4.00. The van der Waals surface area contributed by atoms with Crippen molar-refractivity contribution in [3.05, 3.63) is 0 Å². The van der Waals surface area contributed by atoms with Crippen molar-refractivity contribution in [2.75, 3.05) is 0 Å². The van der Waals surface area contributed by atoms with Gasteiger partial charge in [-0.1, -0.05) is 36.7 Å². The average molecular weight is 231 g/mol. The zero-order valence-corrected chi connectivity index (χ0v) is 9.44.